The van der Waals surface area contributed by atoms with Crippen LogP contribution in [0, 0.1) is 0 Å². The molecule has 1 N–H and O–H groups in total. The maximum absolute atomic E-state index is 11.6. The number of carbonyl (C=O) groups excluding carboxylic acids is 1. The van der Waals surface area contributed by atoms with Gasteiger partial charge in [-0.15, -0.1) is 0 Å². The fraction of sp³-hybridized carbons (Fsp3) is 0.417. The molecule has 0 bridgehead atoms. The Morgan fingerprint density at radius 2 is 1.94 bits per heavy atom. The minimum Gasteiger partial charge on any atom is -0.479 e. The zero-order valence-electron chi connectivity index (χ0n) is 9.66. The number of carbonyl (C=O) groups is 1. The lowest BCUT2D eigenvalue weighted by molar-refractivity contribution is -0.127. The van der Waals surface area contributed by atoms with Crippen LogP contribution in [0.5, 0.6) is 5.75 Å². The van der Waals surface area contributed by atoms with Gasteiger partial charge in [-0.25, -0.2) is 0 Å². The van der Waals surface area contributed by atoms with Crippen LogP contribution < -0.4 is 10.1 Å². The highest BCUT2D eigenvalue weighted by molar-refractivity contribution is 6.32. The highest BCUT2D eigenvalue weighted by Gasteiger charge is 2.16. The first kappa shape index (κ1) is 12.8. The number of rotatable bonds is 4. The first-order chi connectivity index (χ1) is 7.50. The average molecular weight is 242 g/mol. The maximum atomic E-state index is 11.6. The molecule has 0 radical (unpaired) electrons. The number of hydrogen-bond donors (Lipinski definition) is 1. The predicted octanol–water partition coefficient (Wildman–Crippen LogP) is 2.63. The van der Waals surface area contributed by atoms with E-state index in [2.05, 4.69) is 5.32 Å². The van der Waals surface area contributed by atoms with Gasteiger partial charge in [0.2, 0.25) is 0 Å². The van der Waals surface area contributed by atoms with Gasteiger partial charge in [0.25, 0.3) is 5.91 Å². The summed E-state index contributed by atoms with van der Waals surface area (Å²) in [5.74, 6) is 0.380. The lowest BCUT2D eigenvalue weighted by Crippen LogP contribution is -2.40. The SMILES string of the molecule is CC(C)NC(=O)[C@@H](C)Oc1ccccc1Cl. The summed E-state index contributed by atoms with van der Waals surface area (Å²) in [5, 5.41) is 3.28. The third kappa shape index (κ3) is 3.74. The quantitative estimate of drug-likeness (QED) is 0.880. The normalized spacial score (nSPS) is 12.3. The summed E-state index contributed by atoms with van der Waals surface area (Å²) in [6.45, 7) is 5.50. The van der Waals surface area contributed by atoms with Crippen molar-refractivity contribution in [2.45, 2.75) is 32.9 Å². The van der Waals surface area contributed by atoms with E-state index in [0.717, 1.165) is 0 Å². The Morgan fingerprint density at radius 3 is 2.50 bits per heavy atom. The topological polar surface area (TPSA) is 38.3 Å². The van der Waals surface area contributed by atoms with Crippen LogP contribution in [0.2, 0.25) is 5.02 Å². The second-order valence-electron chi connectivity index (χ2n) is 3.85. The second kappa shape index (κ2) is 5.75. The van der Waals surface area contributed by atoms with Crippen molar-refractivity contribution in [1.82, 2.24) is 5.32 Å². The summed E-state index contributed by atoms with van der Waals surface area (Å²) < 4.78 is 5.46. The molecular weight excluding hydrogens is 226 g/mol. The molecule has 0 aliphatic heterocycles. The molecule has 1 amide bonds. The molecule has 0 unspecified atom stereocenters. The summed E-state index contributed by atoms with van der Waals surface area (Å²) in [6.07, 6.45) is -0.553. The number of para-hydroxylation sites is 1. The third-order valence-corrected chi connectivity index (χ3v) is 2.25. The third-order valence-electron chi connectivity index (χ3n) is 1.94. The van der Waals surface area contributed by atoms with Crippen LogP contribution >= 0.6 is 11.6 Å². The van der Waals surface area contributed by atoms with Crippen molar-refractivity contribution < 1.29 is 9.53 Å². The fourth-order valence-electron chi connectivity index (χ4n) is 1.19. The van der Waals surface area contributed by atoms with Gasteiger partial charge in [0, 0.05) is 6.04 Å². The van der Waals surface area contributed by atoms with Gasteiger partial charge in [0.15, 0.2) is 6.10 Å². The van der Waals surface area contributed by atoms with Crippen molar-refractivity contribution in [2.75, 3.05) is 0 Å². The standard InChI is InChI=1S/C12H16ClNO2/c1-8(2)14-12(15)9(3)16-11-7-5-4-6-10(11)13/h4-9H,1-3H3,(H,14,15)/t9-/m1/s1. The smallest absolute Gasteiger partial charge is 0.260 e. The molecule has 0 aliphatic carbocycles. The van der Waals surface area contributed by atoms with E-state index >= 15 is 0 Å². The van der Waals surface area contributed by atoms with Crippen molar-refractivity contribution in [3.63, 3.8) is 0 Å². The first-order valence-electron chi connectivity index (χ1n) is 5.22. The number of halogens is 1. The molecule has 16 heavy (non-hydrogen) atoms. The molecule has 0 fully saturated rings. The van der Waals surface area contributed by atoms with Gasteiger partial charge in [0.1, 0.15) is 5.75 Å². The van der Waals surface area contributed by atoms with E-state index < -0.39 is 6.10 Å². The molecule has 1 aromatic carbocycles. The summed E-state index contributed by atoms with van der Waals surface area (Å²) in [6, 6.07) is 7.19. The lowest BCUT2D eigenvalue weighted by Gasteiger charge is -2.16. The molecule has 0 saturated carbocycles. The zero-order valence-corrected chi connectivity index (χ0v) is 10.4. The molecule has 88 valence electrons. The molecule has 0 aromatic heterocycles. The summed E-state index contributed by atoms with van der Waals surface area (Å²) in [5.41, 5.74) is 0. The van der Waals surface area contributed by atoms with Crippen molar-refractivity contribution >= 4 is 17.5 Å². The van der Waals surface area contributed by atoms with Crippen molar-refractivity contribution in [2.24, 2.45) is 0 Å². The largest absolute Gasteiger partial charge is 0.479 e. The van der Waals surface area contributed by atoms with Gasteiger partial charge < -0.3 is 10.1 Å². The predicted molar refractivity (Wildman–Crippen MR) is 64.8 cm³/mol. The van der Waals surface area contributed by atoms with E-state index in [1.54, 1.807) is 19.1 Å². The molecule has 0 heterocycles. The van der Waals surface area contributed by atoms with E-state index in [0.29, 0.717) is 10.8 Å². The average Bonchev–Trinajstić information content (AvgIpc) is 2.20. The van der Waals surface area contributed by atoms with Crippen LogP contribution in [-0.4, -0.2) is 18.1 Å². The Kier molecular flexibility index (Phi) is 4.62. The molecule has 1 aromatic rings. The monoisotopic (exact) mass is 241 g/mol. The van der Waals surface area contributed by atoms with Crippen LogP contribution in [0.25, 0.3) is 0 Å². The first-order valence-corrected chi connectivity index (χ1v) is 5.60. The van der Waals surface area contributed by atoms with Crippen LogP contribution in [0.4, 0.5) is 0 Å². The fourth-order valence-corrected chi connectivity index (χ4v) is 1.37. The number of amides is 1. The van der Waals surface area contributed by atoms with Gasteiger partial charge in [-0.1, -0.05) is 23.7 Å². The molecule has 4 heteroatoms. The highest BCUT2D eigenvalue weighted by atomic mass is 35.5. The molecule has 0 saturated heterocycles. The zero-order chi connectivity index (χ0) is 12.1. The summed E-state index contributed by atoms with van der Waals surface area (Å²) in [4.78, 5) is 11.6. The Morgan fingerprint density at radius 1 is 1.31 bits per heavy atom. The summed E-state index contributed by atoms with van der Waals surface area (Å²) >= 11 is 5.92. The molecule has 0 aliphatic rings. The molecule has 0 spiro atoms. The van der Waals surface area contributed by atoms with E-state index in [-0.39, 0.29) is 11.9 Å². The van der Waals surface area contributed by atoms with Gasteiger partial charge in [-0.2, -0.15) is 0 Å². The Hall–Kier alpha value is -1.22. The van der Waals surface area contributed by atoms with E-state index in [9.17, 15) is 4.79 Å². The van der Waals surface area contributed by atoms with Crippen LogP contribution in [0.1, 0.15) is 20.8 Å². The number of ether oxygens (including phenoxy) is 1. The number of nitrogens with one attached hydrogen (secondary N) is 1. The van der Waals surface area contributed by atoms with Gasteiger partial charge in [0.05, 0.1) is 5.02 Å². The van der Waals surface area contributed by atoms with Crippen LogP contribution in [0.3, 0.4) is 0 Å². The Balaban J connectivity index is 2.61. The number of benzene rings is 1. The van der Waals surface area contributed by atoms with Gasteiger partial charge in [-0.05, 0) is 32.9 Å². The van der Waals surface area contributed by atoms with Crippen LogP contribution in [-0.2, 0) is 4.79 Å². The highest BCUT2D eigenvalue weighted by Crippen LogP contribution is 2.24. The second-order valence-corrected chi connectivity index (χ2v) is 4.26. The molecule has 1 rings (SSSR count). The van der Waals surface area contributed by atoms with Crippen molar-refractivity contribution in [1.29, 1.82) is 0 Å². The lowest BCUT2D eigenvalue weighted by atomic mass is 10.3. The number of hydrogen-bond acceptors (Lipinski definition) is 2. The minimum atomic E-state index is -0.553. The minimum absolute atomic E-state index is 0.102. The van der Waals surface area contributed by atoms with E-state index in [1.807, 2.05) is 26.0 Å². The van der Waals surface area contributed by atoms with Crippen LogP contribution in [0.15, 0.2) is 24.3 Å². The Labute approximate surface area is 101 Å². The Bertz CT molecular complexity index is 366. The van der Waals surface area contributed by atoms with Gasteiger partial charge in [-0.3, -0.25) is 4.79 Å². The van der Waals surface area contributed by atoms with Crippen molar-refractivity contribution in [3.8, 4) is 5.75 Å². The molecular formula is C12H16ClNO2. The van der Waals surface area contributed by atoms with Crippen molar-refractivity contribution in [3.05, 3.63) is 29.3 Å². The van der Waals surface area contributed by atoms with Gasteiger partial charge >= 0.3 is 0 Å². The molecule has 3 nitrogen and oxygen atoms in total. The maximum Gasteiger partial charge on any atom is 0.260 e. The summed E-state index contributed by atoms with van der Waals surface area (Å²) in [7, 11) is 0. The van der Waals surface area contributed by atoms with E-state index in [1.165, 1.54) is 0 Å². The molecule has 1 atom stereocenters. The van der Waals surface area contributed by atoms with E-state index in [4.69, 9.17) is 16.3 Å².